The number of hydrogen-bond acceptors (Lipinski definition) is 5. The molecule has 0 aliphatic rings. The Balaban J connectivity index is 3.92. The molecule has 0 aromatic carbocycles. The first-order valence-corrected chi connectivity index (χ1v) is 2.53. The fourth-order valence-electron chi connectivity index (χ4n) is 0.353. The Morgan fingerprint density at radius 1 is 1.36 bits per heavy atom. The number of hydroxylamine groups is 2. The van der Waals surface area contributed by atoms with E-state index in [0.29, 0.717) is 0 Å². The summed E-state index contributed by atoms with van der Waals surface area (Å²) in [5, 5.41) is 32.8. The van der Waals surface area contributed by atoms with Crippen molar-refractivity contribution < 1.29 is 30.1 Å². The molecule has 7 heteroatoms. The highest BCUT2D eigenvalue weighted by molar-refractivity contribution is 5.73. The number of aliphatic hydroxyl groups excluding tert-OH is 1. The van der Waals surface area contributed by atoms with Gasteiger partial charge >= 0.3 is 11.9 Å². The highest BCUT2D eigenvalue weighted by atomic mass is 16.6. The Morgan fingerprint density at radius 3 is 2.09 bits per heavy atom. The number of carbonyl (C=O) groups is 2. The summed E-state index contributed by atoms with van der Waals surface area (Å²) in [6.45, 7) is -0.951. The van der Waals surface area contributed by atoms with Crippen LogP contribution in [0.5, 0.6) is 0 Å². The molecular weight excluding hydrogens is 158 g/mol. The molecule has 0 saturated heterocycles. The first kappa shape index (κ1) is 9.82. The van der Waals surface area contributed by atoms with E-state index in [2.05, 4.69) is 0 Å². The first-order valence-electron chi connectivity index (χ1n) is 2.53. The summed E-state index contributed by atoms with van der Waals surface area (Å²) in [5.41, 5.74) is 0. The average Bonchev–Trinajstić information content (AvgIpc) is 1.84. The normalized spacial score (nSPS) is 13.0. The van der Waals surface area contributed by atoms with E-state index in [1.807, 2.05) is 0 Å². The Labute approximate surface area is 61.0 Å². The molecule has 0 aromatic heterocycles. The fourth-order valence-corrected chi connectivity index (χ4v) is 0.353. The lowest BCUT2D eigenvalue weighted by atomic mass is 10.5. The Hall–Kier alpha value is -1.18. The lowest BCUT2D eigenvalue weighted by Crippen LogP contribution is -2.41. The van der Waals surface area contributed by atoms with Gasteiger partial charge in [-0.25, -0.2) is 4.79 Å². The molecule has 1 atom stereocenters. The minimum atomic E-state index is -2.20. The third-order valence-corrected chi connectivity index (χ3v) is 0.800. The van der Waals surface area contributed by atoms with Crippen LogP contribution in [-0.4, -0.2) is 50.3 Å². The molecule has 0 amide bonds. The second-order valence-corrected chi connectivity index (χ2v) is 1.70. The summed E-state index contributed by atoms with van der Waals surface area (Å²) in [7, 11) is 0. The third kappa shape index (κ3) is 3.50. The second kappa shape index (κ2) is 3.86. The SMILES string of the molecule is O=C(O)CN(O)C(O)C(=O)O. The fraction of sp³-hybridized carbons (Fsp3) is 0.500. The molecule has 4 N–H and O–H groups in total. The van der Waals surface area contributed by atoms with Gasteiger partial charge < -0.3 is 20.5 Å². The van der Waals surface area contributed by atoms with Crippen molar-refractivity contribution in [1.29, 1.82) is 0 Å². The van der Waals surface area contributed by atoms with E-state index in [1.54, 1.807) is 0 Å². The van der Waals surface area contributed by atoms with Crippen LogP contribution in [-0.2, 0) is 9.59 Å². The molecule has 0 radical (unpaired) electrons. The monoisotopic (exact) mass is 165 g/mol. The molecule has 0 spiro atoms. The number of aliphatic carboxylic acids is 2. The van der Waals surface area contributed by atoms with Crippen molar-refractivity contribution >= 4 is 11.9 Å². The van der Waals surface area contributed by atoms with Gasteiger partial charge in [-0.2, -0.15) is 0 Å². The minimum Gasteiger partial charge on any atom is -0.480 e. The molecular formula is C4H7NO6. The Kier molecular flexibility index (Phi) is 3.45. The Morgan fingerprint density at radius 2 is 1.82 bits per heavy atom. The summed E-state index contributed by atoms with van der Waals surface area (Å²) in [6.07, 6.45) is -2.20. The highest BCUT2D eigenvalue weighted by Crippen LogP contribution is 1.90. The van der Waals surface area contributed by atoms with Gasteiger partial charge in [-0.15, -0.1) is 5.06 Å². The highest BCUT2D eigenvalue weighted by Gasteiger charge is 2.22. The predicted molar refractivity (Wildman–Crippen MR) is 29.8 cm³/mol. The van der Waals surface area contributed by atoms with Gasteiger partial charge in [0, 0.05) is 0 Å². The zero-order valence-corrected chi connectivity index (χ0v) is 5.34. The van der Waals surface area contributed by atoms with E-state index >= 15 is 0 Å². The molecule has 0 bridgehead atoms. The van der Waals surface area contributed by atoms with Crippen LogP contribution in [0.3, 0.4) is 0 Å². The summed E-state index contributed by atoms with van der Waals surface area (Å²) in [6, 6.07) is 0. The number of hydrogen-bond donors (Lipinski definition) is 4. The molecule has 1 unspecified atom stereocenters. The maximum atomic E-state index is 9.88. The zero-order valence-electron chi connectivity index (χ0n) is 5.34. The topological polar surface area (TPSA) is 118 Å². The summed E-state index contributed by atoms with van der Waals surface area (Å²) >= 11 is 0. The van der Waals surface area contributed by atoms with Crippen LogP contribution in [0.25, 0.3) is 0 Å². The lowest BCUT2D eigenvalue weighted by Gasteiger charge is -2.14. The zero-order chi connectivity index (χ0) is 9.02. The number of carboxylic acid groups (broad SMARTS) is 2. The maximum Gasteiger partial charge on any atom is 0.350 e. The largest absolute Gasteiger partial charge is 0.480 e. The number of carboxylic acids is 2. The van der Waals surface area contributed by atoms with Crippen molar-refractivity contribution in [2.24, 2.45) is 0 Å². The molecule has 0 aromatic rings. The van der Waals surface area contributed by atoms with Crippen molar-refractivity contribution in [3.05, 3.63) is 0 Å². The van der Waals surface area contributed by atoms with E-state index in [0.717, 1.165) is 0 Å². The third-order valence-electron chi connectivity index (χ3n) is 0.800. The molecule has 7 nitrogen and oxygen atoms in total. The molecule has 0 saturated carbocycles. The predicted octanol–water partition coefficient (Wildman–Crippen LogP) is -1.83. The molecule has 0 aliphatic heterocycles. The van der Waals surface area contributed by atoms with Crippen molar-refractivity contribution in [2.75, 3.05) is 6.54 Å². The number of aliphatic hydroxyl groups is 1. The van der Waals surface area contributed by atoms with Gasteiger partial charge in [0.1, 0.15) is 6.54 Å². The van der Waals surface area contributed by atoms with Crippen molar-refractivity contribution in [2.45, 2.75) is 6.23 Å². The van der Waals surface area contributed by atoms with Crippen LogP contribution in [0.15, 0.2) is 0 Å². The summed E-state index contributed by atoms with van der Waals surface area (Å²) < 4.78 is 0. The minimum absolute atomic E-state index is 0.204. The quantitative estimate of drug-likeness (QED) is 0.285. The second-order valence-electron chi connectivity index (χ2n) is 1.70. The first-order chi connectivity index (χ1) is 4.95. The van der Waals surface area contributed by atoms with Crippen molar-refractivity contribution in [3.63, 3.8) is 0 Å². The van der Waals surface area contributed by atoms with E-state index in [9.17, 15) is 9.59 Å². The smallest absolute Gasteiger partial charge is 0.350 e. The van der Waals surface area contributed by atoms with E-state index < -0.39 is 24.7 Å². The van der Waals surface area contributed by atoms with Crippen LogP contribution >= 0.6 is 0 Å². The van der Waals surface area contributed by atoms with Crippen LogP contribution in [0, 0.1) is 0 Å². The van der Waals surface area contributed by atoms with Crippen LogP contribution < -0.4 is 0 Å². The molecule has 0 fully saturated rings. The van der Waals surface area contributed by atoms with Gasteiger partial charge in [-0.05, 0) is 0 Å². The van der Waals surface area contributed by atoms with Crippen molar-refractivity contribution in [1.82, 2.24) is 5.06 Å². The van der Waals surface area contributed by atoms with Gasteiger partial charge in [-0.3, -0.25) is 4.79 Å². The molecule has 0 aliphatic carbocycles. The van der Waals surface area contributed by atoms with Gasteiger partial charge in [-0.1, -0.05) is 0 Å². The maximum absolute atomic E-state index is 9.88. The van der Waals surface area contributed by atoms with Crippen molar-refractivity contribution in [3.8, 4) is 0 Å². The van der Waals surface area contributed by atoms with Gasteiger partial charge in [0.15, 0.2) is 0 Å². The standard InChI is InChI=1S/C4H7NO6/c6-2(7)1-5(11)3(8)4(9)10/h3,8,11H,1H2,(H,6,7)(H,9,10). The van der Waals surface area contributed by atoms with Gasteiger partial charge in [0.05, 0.1) is 0 Å². The van der Waals surface area contributed by atoms with Crippen LogP contribution in [0.2, 0.25) is 0 Å². The Bertz CT molecular complexity index is 168. The van der Waals surface area contributed by atoms with Gasteiger partial charge in [0.2, 0.25) is 6.23 Å². The number of rotatable bonds is 4. The molecule has 11 heavy (non-hydrogen) atoms. The lowest BCUT2D eigenvalue weighted by molar-refractivity contribution is -0.213. The summed E-state index contributed by atoms with van der Waals surface area (Å²) in [5.74, 6) is -3.15. The van der Waals surface area contributed by atoms with Crippen LogP contribution in [0.1, 0.15) is 0 Å². The average molecular weight is 165 g/mol. The van der Waals surface area contributed by atoms with E-state index in [1.165, 1.54) is 0 Å². The van der Waals surface area contributed by atoms with E-state index in [4.69, 9.17) is 20.5 Å². The summed E-state index contributed by atoms with van der Waals surface area (Å²) in [4.78, 5) is 19.7. The van der Waals surface area contributed by atoms with Gasteiger partial charge in [0.25, 0.3) is 0 Å². The molecule has 0 heterocycles. The number of nitrogens with zero attached hydrogens (tertiary/aromatic N) is 1. The van der Waals surface area contributed by atoms with E-state index in [-0.39, 0.29) is 5.06 Å². The molecule has 0 rings (SSSR count). The molecule has 64 valence electrons. The van der Waals surface area contributed by atoms with Crippen LogP contribution in [0.4, 0.5) is 0 Å².